The minimum atomic E-state index is -4.11. The smallest absolute Gasteiger partial charge is 0.264 e. The molecule has 0 aromatic heterocycles. The molecular formula is C34H37N3O4S. The third-order valence-corrected chi connectivity index (χ3v) is 8.70. The Morgan fingerprint density at radius 3 is 1.98 bits per heavy atom. The Kier molecular flexibility index (Phi) is 10.5. The third-order valence-electron chi connectivity index (χ3n) is 6.92. The summed E-state index contributed by atoms with van der Waals surface area (Å²) in [6.07, 6.45) is 1.03. The normalized spacial score (nSPS) is 11.9. The van der Waals surface area contributed by atoms with Gasteiger partial charge in [-0.25, -0.2) is 8.42 Å². The van der Waals surface area contributed by atoms with Crippen LogP contribution >= 0.6 is 0 Å². The number of nitrogens with zero attached hydrogens (tertiary/aromatic N) is 2. The maximum absolute atomic E-state index is 14.3. The summed E-state index contributed by atoms with van der Waals surface area (Å²) in [5, 5.41) is 2.96. The third kappa shape index (κ3) is 7.85. The molecule has 0 heterocycles. The van der Waals surface area contributed by atoms with Crippen LogP contribution in [0.1, 0.15) is 30.0 Å². The molecule has 4 aromatic carbocycles. The van der Waals surface area contributed by atoms with E-state index >= 15 is 0 Å². The molecule has 0 bridgehead atoms. The number of hydrogen-bond acceptors (Lipinski definition) is 4. The van der Waals surface area contributed by atoms with Crippen LogP contribution in [0.4, 0.5) is 5.69 Å². The number of amides is 2. The van der Waals surface area contributed by atoms with Gasteiger partial charge in [0.2, 0.25) is 11.8 Å². The van der Waals surface area contributed by atoms with E-state index in [0.29, 0.717) is 12.2 Å². The van der Waals surface area contributed by atoms with Crippen molar-refractivity contribution in [3.63, 3.8) is 0 Å². The summed E-state index contributed by atoms with van der Waals surface area (Å²) >= 11 is 0. The molecule has 1 unspecified atom stereocenters. The van der Waals surface area contributed by atoms with Crippen LogP contribution < -0.4 is 9.62 Å². The Morgan fingerprint density at radius 1 is 0.786 bits per heavy atom. The van der Waals surface area contributed by atoms with Crippen molar-refractivity contribution in [2.45, 2.75) is 44.2 Å². The lowest BCUT2D eigenvalue weighted by Crippen LogP contribution is -2.53. The van der Waals surface area contributed by atoms with Gasteiger partial charge in [0, 0.05) is 19.5 Å². The standard InChI is InChI=1S/C34H37N3O4S/c1-3-22-35-34(39)32(24-28-15-7-4-8-16-28)36(25-29-17-9-5-10-18-29)33(38)26-37(30-19-13-14-27(2)23-30)42(40,41)31-20-11-6-12-21-31/h4-21,23,32H,3,22,24-26H2,1-2H3,(H,35,39). The predicted molar refractivity (Wildman–Crippen MR) is 166 cm³/mol. The average Bonchev–Trinajstić information content (AvgIpc) is 3.01. The molecule has 1 atom stereocenters. The van der Waals surface area contributed by atoms with Crippen LogP contribution in [0, 0.1) is 6.92 Å². The first-order valence-electron chi connectivity index (χ1n) is 14.1. The molecule has 0 spiro atoms. The van der Waals surface area contributed by atoms with Gasteiger partial charge in [-0.05, 0) is 54.3 Å². The van der Waals surface area contributed by atoms with E-state index in [9.17, 15) is 18.0 Å². The van der Waals surface area contributed by atoms with Crippen LogP contribution in [-0.4, -0.2) is 44.3 Å². The first kappa shape index (κ1) is 30.5. The SMILES string of the molecule is CCCNC(=O)C(Cc1ccccc1)N(Cc1ccccc1)C(=O)CN(c1cccc(C)c1)S(=O)(=O)c1ccccc1. The molecular weight excluding hydrogens is 546 g/mol. The highest BCUT2D eigenvalue weighted by Gasteiger charge is 2.34. The lowest BCUT2D eigenvalue weighted by atomic mass is 10.0. The van der Waals surface area contributed by atoms with Gasteiger partial charge >= 0.3 is 0 Å². The summed E-state index contributed by atoms with van der Waals surface area (Å²) < 4.78 is 29.1. The van der Waals surface area contributed by atoms with Crippen molar-refractivity contribution in [2.24, 2.45) is 0 Å². The summed E-state index contributed by atoms with van der Waals surface area (Å²) in [7, 11) is -4.11. The molecule has 2 amide bonds. The van der Waals surface area contributed by atoms with Crippen LogP contribution in [0.15, 0.2) is 120 Å². The molecule has 7 nitrogen and oxygen atoms in total. The summed E-state index contributed by atoms with van der Waals surface area (Å²) in [5.41, 5.74) is 2.96. The molecule has 1 N–H and O–H groups in total. The summed E-state index contributed by atoms with van der Waals surface area (Å²) in [5.74, 6) is -0.759. The first-order chi connectivity index (χ1) is 20.3. The molecule has 0 aliphatic rings. The number of anilines is 1. The van der Waals surface area contributed by atoms with E-state index in [1.807, 2.05) is 80.6 Å². The fourth-order valence-corrected chi connectivity index (χ4v) is 6.16. The second-order valence-electron chi connectivity index (χ2n) is 10.2. The summed E-state index contributed by atoms with van der Waals surface area (Å²) in [6.45, 7) is 3.97. The molecule has 0 radical (unpaired) electrons. The largest absolute Gasteiger partial charge is 0.354 e. The lowest BCUT2D eigenvalue weighted by Gasteiger charge is -2.34. The Morgan fingerprint density at radius 2 is 1.38 bits per heavy atom. The molecule has 8 heteroatoms. The van der Waals surface area contributed by atoms with Gasteiger partial charge in [-0.2, -0.15) is 0 Å². The fourth-order valence-electron chi connectivity index (χ4n) is 4.73. The molecule has 42 heavy (non-hydrogen) atoms. The van der Waals surface area contributed by atoms with Gasteiger partial charge in [-0.3, -0.25) is 13.9 Å². The van der Waals surface area contributed by atoms with E-state index in [1.165, 1.54) is 17.0 Å². The Labute approximate surface area is 248 Å². The zero-order chi connectivity index (χ0) is 30.0. The van der Waals surface area contributed by atoms with Crippen molar-refractivity contribution in [1.82, 2.24) is 10.2 Å². The van der Waals surface area contributed by atoms with Gasteiger partial charge in [0.25, 0.3) is 10.0 Å². The van der Waals surface area contributed by atoms with Crippen molar-refractivity contribution in [3.05, 3.63) is 132 Å². The van der Waals surface area contributed by atoms with Gasteiger partial charge < -0.3 is 10.2 Å². The summed E-state index contributed by atoms with van der Waals surface area (Å²) in [4.78, 5) is 29.6. The highest BCUT2D eigenvalue weighted by atomic mass is 32.2. The monoisotopic (exact) mass is 583 g/mol. The number of nitrogens with one attached hydrogen (secondary N) is 1. The Balaban J connectivity index is 1.77. The van der Waals surface area contributed by atoms with Gasteiger partial charge in [0.1, 0.15) is 12.6 Å². The summed E-state index contributed by atoms with van der Waals surface area (Å²) in [6, 6.07) is 33.2. The van der Waals surface area contributed by atoms with E-state index < -0.39 is 28.5 Å². The van der Waals surface area contributed by atoms with E-state index in [-0.39, 0.29) is 23.8 Å². The number of carbonyl (C=O) groups excluding carboxylic acids is 2. The molecule has 0 saturated carbocycles. The molecule has 0 aliphatic heterocycles. The molecule has 0 fully saturated rings. The van der Waals surface area contributed by atoms with E-state index in [0.717, 1.165) is 27.4 Å². The van der Waals surface area contributed by atoms with Crippen molar-refractivity contribution in [2.75, 3.05) is 17.4 Å². The number of benzene rings is 4. The topological polar surface area (TPSA) is 86.8 Å². The lowest BCUT2D eigenvalue weighted by molar-refractivity contribution is -0.140. The van der Waals surface area contributed by atoms with Gasteiger partial charge in [0.15, 0.2) is 0 Å². The molecule has 4 rings (SSSR count). The maximum Gasteiger partial charge on any atom is 0.264 e. The molecule has 218 valence electrons. The van der Waals surface area contributed by atoms with Gasteiger partial charge in [-0.1, -0.05) is 97.9 Å². The number of carbonyl (C=O) groups is 2. The van der Waals surface area contributed by atoms with Crippen LogP contribution in [0.2, 0.25) is 0 Å². The van der Waals surface area contributed by atoms with Crippen molar-refractivity contribution in [3.8, 4) is 0 Å². The minimum absolute atomic E-state index is 0.0791. The Hall–Kier alpha value is -4.43. The quantitative estimate of drug-likeness (QED) is 0.230. The van der Waals surface area contributed by atoms with E-state index in [4.69, 9.17) is 0 Å². The molecule has 0 aliphatic carbocycles. The molecule has 0 saturated heterocycles. The van der Waals surface area contributed by atoms with Crippen LogP contribution in [0.5, 0.6) is 0 Å². The van der Waals surface area contributed by atoms with Crippen molar-refractivity contribution < 1.29 is 18.0 Å². The predicted octanol–water partition coefficient (Wildman–Crippen LogP) is 5.36. The zero-order valence-electron chi connectivity index (χ0n) is 24.0. The van der Waals surface area contributed by atoms with Crippen LogP contribution in [0.25, 0.3) is 0 Å². The highest BCUT2D eigenvalue weighted by molar-refractivity contribution is 7.92. The second kappa shape index (κ2) is 14.5. The fraction of sp³-hybridized carbons (Fsp3) is 0.235. The number of hydrogen-bond donors (Lipinski definition) is 1. The maximum atomic E-state index is 14.3. The van der Waals surface area contributed by atoms with Crippen molar-refractivity contribution >= 4 is 27.5 Å². The second-order valence-corrected chi connectivity index (χ2v) is 12.0. The highest BCUT2D eigenvalue weighted by Crippen LogP contribution is 2.25. The first-order valence-corrected chi connectivity index (χ1v) is 15.5. The van der Waals surface area contributed by atoms with Gasteiger partial charge in [-0.15, -0.1) is 0 Å². The number of aryl methyl sites for hydroxylation is 1. The van der Waals surface area contributed by atoms with Gasteiger partial charge in [0.05, 0.1) is 10.6 Å². The zero-order valence-corrected chi connectivity index (χ0v) is 24.8. The van der Waals surface area contributed by atoms with E-state index in [2.05, 4.69) is 5.32 Å². The number of sulfonamides is 1. The molecule has 4 aromatic rings. The van der Waals surface area contributed by atoms with Crippen molar-refractivity contribution in [1.29, 1.82) is 0 Å². The average molecular weight is 584 g/mol. The van der Waals surface area contributed by atoms with Crippen LogP contribution in [-0.2, 0) is 32.6 Å². The number of rotatable bonds is 13. The minimum Gasteiger partial charge on any atom is -0.354 e. The Bertz CT molecular complexity index is 1560. The van der Waals surface area contributed by atoms with Crippen LogP contribution in [0.3, 0.4) is 0 Å². The van der Waals surface area contributed by atoms with E-state index in [1.54, 1.807) is 36.4 Å².